The Kier molecular flexibility index (Phi) is 4.06. The van der Waals surface area contributed by atoms with Crippen molar-refractivity contribution >= 4 is 0 Å². The smallest absolute Gasteiger partial charge is 0.333 e. The summed E-state index contributed by atoms with van der Waals surface area (Å²) < 4.78 is 7.77. The zero-order chi connectivity index (χ0) is 13.7. The number of imidazole rings is 1. The van der Waals surface area contributed by atoms with Gasteiger partial charge in [-0.25, -0.2) is 9.36 Å². The minimum absolute atomic E-state index is 0.0167. The number of aromatic nitrogens is 2. The van der Waals surface area contributed by atoms with E-state index in [1.807, 2.05) is 30.3 Å². The van der Waals surface area contributed by atoms with Gasteiger partial charge in [0.1, 0.15) is 6.73 Å². The van der Waals surface area contributed by atoms with Crippen molar-refractivity contribution in [2.75, 3.05) is 0 Å². The molecule has 1 aromatic heterocycles. The first kappa shape index (κ1) is 13.0. The third-order valence-electron chi connectivity index (χ3n) is 2.62. The molecule has 0 unspecified atom stereocenters. The molecular weight excluding hydrogens is 244 g/mol. The summed E-state index contributed by atoms with van der Waals surface area (Å²) in [5.74, 6) is 2.19. The van der Waals surface area contributed by atoms with Crippen LogP contribution in [0.1, 0.15) is 5.56 Å². The van der Waals surface area contributed by atoms with Crippen LogP contribution in [0.25, 0.3) is 0 Å². The van der Waals surface area contributed by atoms with Crippen LogP contribution >= 0.6 is 0 Å². The van der Waals surface area contributed by atoms with Crippen molar-refractivity contribution in [3.05, 3.63) is 52.6 Å². The van der Waals surface area contributed by atoms with Crippen LogP contribution in [-0.2, 0) is 24.6 Å². The largest absolute Gasteiger partial charge is 0.493 e. The molecule has 1 heterocycles. The Balaban J connectivity index is 2.01. The first-order valence-corrected chi connectivity index (χ1v) is 5.76. The van der Waals surface area contributed by atoms with E-state index in [0.717, 1.165) is 10.1 Å². The number of terminal acetylenes is 1. The summed E-state index contributed by atoms with van der Waals surface area (Å²) in [5, 5.41) is 9.63. The maximum absolute atomic E-state index is 11.8. The summed E-state index contributed by atoms with van der Waals surface area (Å²) in [4.78, 5) is 11.8. The van der Waals surface area contributed by atoms with Gasteiger partial charge in [-0.15, -0.1) is 6.42 Å². The van der Waals surface area contributed by atoms with Crippen LogP contribution in [0.4, 0.5) is 0 Å². The zero-order valence-electron chi connectivity index (χ0n) is 10.3. The Morgan fingerprint density at radius 3 is 2.74 bits per heavy atom. The molecule has 2 aromatic rings. The lowest BCUT2D eigenvalue weighted by Crippen LogP contribution is -2.24. The first-order valence-electron chi connectivity index (χ1n) is 5.76. The predicted molar refractivity (Wildman–Crippen MR) is 70.4 cm³/mol. The van der Waals surface area contributed by atoms with Crippen molar-refractivity contribution in [1.82, 2.24) is 9.13 Å². The Labute approximate surface area is 110 Å². The Morgan fingerprint density at radius 1 is 1.32 bits per heavy atom. The van der Waals surface area contributed by atoms with Crippen molar-refractivity contribution in [1.29, 1.82) is 0 Å². The van der Waals surface area contributed by atoms with Gasteiger partial charge < -0.3 is 9.84 Å². The monoisotopic (exact) mass is 258 g/mol. The zero-order valence-corrected chi connectivity index (χ0v) is 10.3. The number of hydrogen-bond acceptors (Lipinski definition) is 3. The predicted octanol–water partition coefficient (Wildman–Crippen LogP) is 1.16. The third kappa shape index (κ3) is 3.06. The van der Waals surface area contributed by atoms with Gasteiger partial charge in [0.25, 0.3) is 0 Å². The summed E-state index contributed by atoms with van der Waals surface area (Å²) in [7, 11) is 0. The van der Waals surface area contributed by atoms with Crippen molar-refractivity contribution in [2.45, 2.75) is 19.9 Å². The van der Waals surface area contributed by atoms with Gasteiger partial charge in [0, 0.05) is 0 Å². The van der Waals surface area contributed by atoms with E-state index < -0.39 is 0 Å². The third-order valence-corrected chi connectivity index (χ3v) is 2.62. The summed E-state index contributed by atoms with van der Waals surface area (Å²) in [6.45, 7) is 0.474. The highest BCUT2D eigenvalue weighted by Gasteiger charge is 2.09. The lowest BCUT2D eigenvalue weighted by molar-refractivity contribution is 0.0569. The van der Waals surface area contributed by atoms with Gasteiger partial charge >= 0.3 is 5.69 Å². The van der Waals surface area contributed by atoms with Gasteiger partial charge in [0.2, 0.25) is 5.88 Å². The number of ether oxygens (including phenoxy) is 1. The van der Waals surface area contributed by atoms with Gasteiger partial charge in [0.05, 0.1) is 19.3 Å². The molecule has 0 radical (unpaired) electrons. The summed E-state index contributed by atoms with van der Waals surface area (Å²) in [5.41, 5.74) is 0.613. The van der Waals surface area contributed by atoms with Crippen LogP contribution in [0.3, 0.4) is 0 Å². The molecule has 0 bridgehead atoms. The van der Waals surface area contributed by atoms with E-state index in [0.29, 0.717) is 6.61 Å². The van der Waals surface area contributed by atoms with Gasteiger partial charge in [-0.1, -0.05) is 36.3 Å². The minimum Gasteiger partial charge on any atom is -0.493 e. The number of aromatic hydroxyl groups is 1. The van der Waals surface area contributed by atoms with E-state index in [1.54, 1.807) is 0 Å². The summed E-state index contributed by atoms with van der Waals surface area (Å²) >= 11 is 0. The SMILES string of the molecule is C#CCn1cc(O)n(COCc2ccccc2)c1=O. The average molecular weight is 258 g/mol. The average Bonchev–Trinajstić information content (AvgIpc) is 2.68. The van der Waals surface area contributed by atoms with E-state index in [1.165, 1.54) is 10.8 Å². The highest BCUT2D eigenvalue weighted by atomic mass is 16.5. The Morgan fingerprint density at radius 2 is 2.05 bits per heavy atom. The number of benzene rings is 1. The van der Waals surface area contributed by atoms with Crippen molar-refractivity contribution in [3.63, 3.8) is 0 Å². The molecule has 5 heteroatoms. The molecule has 0 fully saturated rings. The maximum Gasteiger partial charge on any atom is 0.333 e. The number of nitrogens with zero attached hydrogens (tertiary/aromatic N) is 2. The molecule has 19 heavy (non-hydrogen) atoms. The normalized spacial score (nSPS) is 10.3. The molecule has 1 aromatic carbocycles. The summed E-state index contributed by atoms with van der Waals surface area (Å²) in [6, 6.07) is 9.58. The topological polar surface area (TPSA) is 56.4 Å². The molecule has 0 amide bonds. The maximum atomic E-state index is 11.8. The molecular formula is C14H14N2O3. The van der Waals surface area contributed by atoms with Gasteiger partial charge in [0.15, 0.2) is 0 Å². The molecule has 0 aliphatic heterocycles. The Hall–Kier alpha value is -2.45. The first-order chi connectivity index (χ1) is 9.22. The van der Waals surface area contributed by atoms with Crippen molar-refractivity contribution < 1.29 is 9.84 Å². The lowest BCUT2D eigenvalue weighted by atomic mass is 10.2. The number of rotatable bonds is 5. The van der Waals surface area contributed by atoms with Gasteiger partial charge in [-0.05, 0) is 5.56 Å². The molecule has 0 spiro atoms. The van der Waals surface area contributed by atoms with Crippen LogP contribution in [0, 0.1) is 12.3 Å². The van der Waals surface area contributed by atoms with Gasteiger partial charge in [-0.2, -0.15) is 0 Å². The van der Waals surface area contributed by atoms with E-state index in [-0.39, 0.29) is 24.8 Å². The van der Waals surface area contributed by atoms with Crippen LogP contribution in [0.5, 0.6) is 5.88 Å². The molecule has 0 saturated heterocycles. The second-order valence-electron chi connectivity index (χ2n) is 3.99. The van der Waals surface area contributed by atoms with Crippen LogP contribution in [0.15, 0.2) is 41.3 Å². The van der Waals surface area contributed by atoms with E-state index in [9.17, 15) is 9.90 Å². The lowest BCUT2D eigenvalue weighted by Gasteiger charge is -2.05. The molecule has 2 rings (SSSR count). The van der Waals surface area contributed by atoms with E-state index in [2.05, 4.69) is 5.92 Å². The molecule has 0 atom stereocenters. The van der Waals surface area contributed by atoms with Gasteiger partial charge in [-0.3, -0.25) is 4.57 Å². The van der Waals surface area contributed by atoms with Crippen molar-refractivity contribution in [2.24, 2.45) is 0 Å². The Bertz CT molecular complexity index is 635. The number of hydrogen-bond donors (Lipinski definition) is 1. The molecule has 98 valence electrons. The molecule has 0 aliphatic rings. The minimum atomic E-state index is -0.386. The van der Waals surface area contributed by atoms with Crippen LogP contribution in [0.2, 0.25) is 0 Å². The fourth-order valence-electron chi connectivity index (χ4n) is 1.68. The second-order valence-corrected chi connectivity index (χ2v) is 3.99. The molecule has 0 saturated carbocycles. The van der Waals surface area contributed by atoms with E-state index >= 15 is 0 Å². The summed E-state index contributed by atoms with van der Waals surface area (Å²) in [6.07, 6.45) is 6.43. The second kappa shape index (κ2) is 5.94. The van der Waals surface area contributed by atoms with Crippen LogP contribution < -0.4 is 5.69 Å². The standard InChI is InChI=1S/C14H14N2O3/c1-2-8-15-9-13(17)16(14(15)18)11-19-10-12-6-4-3-5-7-12/h1,3-7,9,17H,8,10-11H2. The molecule has 0 aliphatic carbocycles. The highest BCUT2D eigenvalue weighted by Crippen LogP contribution is 2.07. The van der Waals surface area contributed by atoms with Crippen LogP contribution in [-0.4, -0.2) is 14.2 Å². The fourth-order valence-corrected chi connectivity index (χ4v) is 1.68. The molecule has 5 nitrogen and oxygen atoms in total. The fraction of sp³-hybridized carbons (Fsp3) is 0.214. The highest BCUT2D eigenvalue weighted by molar-refractivity contribution is 5.13. The molecule has 1 N–H and O–H groups in total. The van der Waals surface area contributed by atoms with Crippen molar-refractivity contribution in [3.8, 4) is 18.2 Å². The van der Waals surface area contributed by atoms with E-state index in [4.69, 9.17) is 11.2 Å². The quantitative estimate of drug-likeness (QED) is 0.819.